The van der Waals surface area contributed by atoms with Crippen LogP contribution in [0.15, 0.2) is 42.6 Å². The van der Waals surface area contributed by atoms with E-state index in [0.29, 0.717) is 32.5 Å². The number of nitrogens with zero attached hydrogens (tertiary/aromatic N) is 3. The van der Waals surface area contributed by atoms with Gasteiger partial charge in [-0.15, -0.1) is 0 Å². The van der Waals surface area contributed by atoms with Crippen molar-refractivity contribution in [3.05, 3.63) is 59.5 Å². The molecule has 1 aliphatic rings. The first-order valence-corrected chi connectivity index (χ1v) is 9.48. The highest BCUT2D eigenvalue weighted by Gasteiger charge is 2.21. The number of carbonyl (C=O) groups excluding carboxylic acids is 2. The largest absolute Gasteiger partial charge is 0.353 e. The Labute approximate surface area is 164 Å². The second kappa shape index (κ2) is 9.30. The van der Waals surface area contributed by atoms with Gasteiger partial charge in [0.05, 0.1) is 0 Å². The molecule has 28 heavy (non-hydrogen) atoms. The molecule has 2 heterocycles. The molecule has 0 radical (unpaired) electrons. The van der Waals surface area contributed by atoms with Gasteiger partial charge in [0.15, 0.2) is 0 Å². The topological polar surface area (TPSA) is 65.5 Å². The summed E-state index contributed by atoms with van der Waals surface area (Å²) in [7, 11) is 0. The number of hydrogen-bond donors (Lipinski definition) is 1. The van der Waals surface area contributed by atoms with Crippen LogP contribution in [-0.4, -0.2) is 47.9 Å². The summed E-state index contributed by atoms with van der Waals surface area (Å²) in [4.78, 5) is 32.1. The lowest BCUT2D eigenvalue weighted by Crippen LogP contribution is -2.48. The van der Waals surface area contributed by atoms with Crippen molar-refractivity contribution in [3.8, 4) is 0 Å². The molecule has 0 aliphatic carbocycles. The van der Waals surface area contributed by atoms with Gasteiger partial charge in [0, 0.05) is 57.8 Å². The molecular weight excluding hydrogens is 359 g/mol. The van der Waals surface area contributed by atoms with Gasteiger partial charge < -0.3 is 15.1 Å². The fourth-order valence-corrected chi connectivity index (χ4v) is 3.32. The number of benzene rings is 1. The first-order chi connectivity index (χ1) is 13.5. The fraction of sp³-hybridized carbons (Fsp3) is 0.381. The Morgan fingerprint density at radius 1 is 1.14 bits per heavy atom. The standard InChI is InChI=1S/C21H25FN4O2/c1-16(27)25-10-12-26(13-11-25)21-18(5-3-9-23-21)15-24-20(28)8-7-17-4-2-6-19(22)14-17/h2-6,9,14H,7-8,10-13,15H2,1H3,(H,24,28). The number of hydrogen-bond acceptors (Lipinski definition) is 4. The lowest BCUT2D eigenvalue weighted by atomic mass is 10.1. The molecule has 148 valence electrons. The van der Waals surface area contributed by atoms with Gasteiger partial charge in [-0.3, -0.25) is 9.59 Å². The fourth-order valence-electron chi connectivity index (χ4n) is 3.32. The molecule has 1 saturated heterocycles. The Bertz CT molecular complexity index is 835. The highest BCUT2D eigenvalue weighted by molar-refractivity contribution is 5.76. The summed E-state index contributed by atoms with van der Waals surface area (Å²) >= 11 is 0. The second-order valence-corrected chi connectivity index (χ2v) is 6.89. The van der Waals surface area contributed by atoms with Gasteiger partial charge in [0.25, 0.3) is 0 Å². The van der Waals surface area contributed by atoms with Crippen LogP contribution in [0.25, 0.3) is 0 Å². The van der Waals surface area contributed by atoms with Crippen LogP contribution in [0.4, 0.5) is 10.2 Å². The van der Waals surface area contributed by atoms with Crippen LogP contribution in [0.2, 0.25) is 0 Å². The third-order valence-electron chi connectivity index (χ3n) is 4.90. The minimum atomic E-state index is -0.289. The number of rotatable bonds is 6. The summed E-state index contributed by atoms with van der Waals surface area (Å²) in [5.74, 6) is 0.561. The van der Waals surface area contributed by atoms with E-state index in [1.807, 2.05) is 23.1 Å². The lowest BCUT2D eigenvalue weighted by Gasteiger charge is -2.35. The van der Waals surface area contributed by atoms with Crippen LogP contribution in [-0.2, 0) is 22.6 Å². The predicted molar refractivity (Wildman–Crippen MR) is 105 cm³/mol. The Balaban J connectivity index is 1.53. The molecule has 6 nitrogen and oxygen atoms in total. The van der Waals surface area contributed by atoms with Crippen molar-refractivity contribution in [2.75, 3.05) is 31.1 Å². The van der Waals surface area contributed by atoms with Crippen molar-refractivity contribution >= 4 is 17.6 Å². The number of halogens is 1. The molecule has 0 spiro atoms. The van der Waals surface area contributed by atoms with E-state index in [2.05, 4.69) is 15.2 Å². The maximum Gasteiger partial charge on any atom is 0.220 e. The van der Waals surface area contributed by atoms with Crippen LogP contribution in [0, 0.1) is 5.82 Å². The molecule has 1 fully saturated rings. The molecule has 1 aromatic carbocycles. The van der Waals surface area contributed by atoms with Crippen LogP contribution in [0.5, 0.6) is 0 Å². The molecule has 1 aromatic heterocycles. The van der Waals surface area contributed by atoms with E-state index in [4.69, 9.17) is 0 Å². The zero-order chi connectivity index (χ0) is 19.9. The van der Waals surface area contributed by atoms with Crippen LogP contribution in [0.1, 0.15) is 24.5 Å². The van der Waals surface area contributed by atoms with E-state index in [1.165, 1.54) is 12.1 Å². The Morgan fingerprint density at radius 2 is 1.93 bits per heavy atom. The molecule has 1 N–H and O–H groups in total. The Hall–Kier alpha value is -2.96. The van der Waals surface area contributed by atoms with E-state index in [0.717, 1.165) is 30.0 Å². The smallest absolute Gasteiger partial charge is 0.220 e. The van der Waals surface area contributed by atoms with Crippen molar-refractivity contribution < 1.29 is 14.0 Å². The zero-order valence-electron chi connectivity index (χ0n) is 16.0. The monoisotopic (exact) mass is 384 g/mol. The summed E-state index contributed by atoms with van der Waals surface area (Å²) < 4.78 is 13.2. The average Bonchev–Trinajstić information content (AvgIpc) is 2.71. The highest BCUT2D eigenvalue weighted by Crippen LogP contribution is 2.19. The van der Waals surface area contributed by atoms with Gasteiger partial charge in [-0.25, -0.2) is 9.37 Å². The predicted octanol–water partition coefficient (Wildman–Crippen LogP) is 2.14. The maximum absolute atomic E-state index is 13.2. The molecule has 0 atom stereocenters. The third kappa shape index (κ3) is 5.28. The molecule has 2 amide bonds. The van der Waals surface area contributed by atoms with Crippen molar-refractivity contribution in [2.24, 2.45) is 0 Å². The van der Waals surface area contributed by atoms with Gasteiger partial charge in [0.1, 0.15) is 11.6 Å². The first-order valence-electron chi connectivity index (χ1n) is 9.48. The molecule has 0 bridgehead atoms. The molecule has 7 heteroatoms. The van der Waals surface area contributed by atoms with Crippen molar-refractivity contribution in [3.63, 3.8) is 0 Å². The first kappa shape index (κ1) is 19.8. The summed E-state index contributed by atoms with van der Waals surface area (Å²) in [5.41, 5.74) is 1.75. The van der Waals surface area contributed by atoms with Crippen molar-refractivity contribution in [1.29, 1.82) is 0 Å². The number of amides is 2. The minimum Gasteiger partial charge on any atom is -0.353 e. The Morgan fingerprint density at radius 3 is 2.64 bits per heavy atom. The average molecular weight is 384 g/mol. The lowest BCUT2D eigenvalue weighted by molar-refractivity contribution is -0.129. The van der Waals surface area contributed by atoms with Crippen molar-refractivity contribution in [2.45, 2.75) is 26.3 Å². The molecular formula is C21H25FN4O2. The summed E-state index contributed by atoms with van der Waals surface area (Å²) in [6.07, 6.45) is 2.54. The number of pyridine rings is 1. The number of nitrogens with one attached hydrogen (secondary N) is 1. The normalized spacial score (nSPS) is 14.1. The molecule has 0 unspecified atom stereocenters. The highest BCUT2D eigenvalue weighted by atomic mass is 19.1. The number of piperazine rings is 1. The van der Waals surface area contributed by atoms with Gasteiger partial charge in [-0.05, 0) is 30.2 Å². The van der Waals surface area contributed by atoms with Crippen LogP contribution >= 0.6 is 0 Å². The minimum absolute atomic E-state index is 0.0829. The van der Waals surface area contributed by atoms with Gasteiger partial charge in [-0.1, -0.05) is 18.2 Å². The van der Waals surface area contributed by atoms with Gasteiger partial charge in [0.2, 0.25) is 11.8 Å². The SMILES string of the molecule is CC(=O)N1CCN(c2ncccc2CNC(=O)CCc2cccc(F)c2)CC1. The van der Waals surface area contributed by atoms with E-state index >= 15 is 0 Å². The number of anilines is 1. The van der Waals surface area contributed by atoms with E-state index in [-0.39, 0.29) is 17.6 Å². The number of carbonyl (C=O) groups is 2. The maximum atomic E-state index is 13.2. The third-order valence-corrected chi connectivity index (χ3v) is 4.90. The molecule has 0 saturated carbocycles. The second-order valence-electron chi connectivity index (χ2n) is 6.89. The van der Waals surface area contributed by atoms with Crippen LogP contribution < -0.4 is 10.2 Å². The summed E-state index contributed by atoms with van der Waals surface area (Å²) in [6.45, 7) is 4.75. The molecule has 2 aromatic rings. The number of aromatic nitrogens is 1. The van der Waals surface area contributed by atoms with E-state index < -0.39 is 0 Å². The molecule has 3 rings (SSSR count). The molecule has 1 aliphatic heterocycles. The van der Waals surface area contributed by atoms with Gasteiger partial charge in [-0.2, -0.15) is 0 Å². The van der Waals surface area contributed by atoms with Crippen LogP contribution in [0.3, 0.4) is 0 Å². The summed E-state index contributed by atoms with van der Waals surface area (Å²) in [5, 5.41) is 2.93. The Kier molecular flexibility index (Phi) is 6.57. The van der Waals surface area contributed by atoms with E-state index in [1.54, 1.807) is 19.2 Å². The zero-order valence-corrected chi connectivity index (χ0v) is 16.0. The van der Waals surface area contributed by atoms with E-state index in [9.17, 15) is 14.0 Å². The van der Waals surface area contributed by atoms with Gasteiger partial charge >= 0.3 is 0 Å². The quantitative estimate of drug-likeness (QED) is 0.829. The van der Waals surface area contributed by atoms with Crippen molar-refractivity contribution in [1.82, 2.24) is 15.2 Å². The number of aryl methyl sites for hydroxylation is 1. The summed E-state index contributed by atoms with van der Waals surface area (Å²) in [6, 6.07) is 10.1.